The van der Waals surface area contributed by atoms with Gasteiger partial charge in [0.15, 0.2) is 0 Å². The maximum atomic E-state index is 9.87. The van der Waals surface area contributed by atoms with E-state index in [-0.39, 0.29) is 6.17 Å². The number of hydrogen-bond donors (Lipinski definition) is 1. The second-order valence-corrected chi connectivity index (χ2v) is 7.48. The van der Waals surface area contributed by atoms with Crippen LogP contribution in [-0.4, -0.2) is 4.57 Å². The zero-order valence-corrected chi connectivity index (χ0v) is 14.3. The first-order chi connectivity index (χ1) is 10.2. The number of nitrogens with two attached hydrogens (primary N) is 1. The predicted molar refractivity (Wildman–Crippen MR) is 80.5 cm³/mol. The molecule has 0 saturated heterocycles. The molecule has 140 valence electrons. The van der Waals surface area contributed by atoms with Gasteiger partial charge in [0.05, 0.1) is 6.54 Å². The zero-order valence-electron chi connectivity index (χ0n) is 13.4. The maximum absolute atomic E-state index is 10.7. The molecule has 0 aromatic carbocycles. The summed E-state index contributed by atoms with van der Waals surface area (Å²) in [5, 5.41) is 0. The molecule has 0 aliphatic heterocycles. The summed E-state index contributed by atoms with van der Waals surface area (Å²) < 4.78 is 63.5. The Balaban J connectivity index is 0.000000585. The average Bonchev–Trinajstić information content (AvgIpc) is 2.78. The van der Waals surface area contributed by atoms with Crippen molar-refractivity contribution >= 4 is 7.81 Å². The topological polar surface area (TPSA) is 34.8 Å². The minimum atomic E-state index is -10.7. The molecule has 0 amide bonds. The van der Waals surface area contributed by atoms with Crippen molar-refractivity contribution in [3.8, 4) is 0 Å². The third-order valence-corrected chi connectivity index (χ3v) is 2.95. The number of imidazole rings is 1. The van der Waals surface area contributed by atoms with Crippen LogP contribution >= 0.6 is 7.81 Å². The first-order valence-corrected chi connectivity index (χ1v) is 9.60. The molecule has 1 aromatic rings. The van der Waals surface area contributed by atoms with Crippen molar-refractivity contribution in [1.82, 2.24) is 4.57 Å². The molecule has 0 aliphatic rings. The summed E-state index contributed by atoms with van der Waals surface area (Å²) in [4.78, 5) is 0. The van der Waals surface area contributed by atoms with Crippen LogP contribution in [0.2, 0.25) is 0 Å². The van der Waals surface area contributed by atoms with Crippen LogP contribution in [0, 0.1) is 0 Å². The van der Waals surface area contributed by atoms with Crippen molar-refractivity contribution in [3.05, 3.63) is 18.7 Å². The van der Waals surface area contributed by atoms with Crippen LogP contribution in [0.4, 0.5) is 25.2 Å². The Morgan fingerprint density at radius 3 is 1.91 bits per heavy atom. The van der Waals surface area contributed by atoms with Crippen molar-refractivity contribution < 1.29 is 29.7 Å². The summed E-state index contributed by atoms with van der Waals surface area (Å²) in [6.07, 6.45) is 14.4. The van der Waals surface area contributed by atoms with Gasteiger partial charge < -0.3 is 0 Å². The molecule has 1 atom stereocenters. The van der Waals surface area contributed by atoms with Gasteiger partial charge in [-0.2, -0.15) is 0 Å². The molecule has 3 nitrogen and oxygen atoms in total. The zero-order chi connectivity index (χ0) is 18.2. The monoisotopic (exact) mass is 369 g/mol. The first kappa shape index (κ1) is 22.2. The fraction of sp³-hybridized carbons (Fsp3) is 0.769. The van der Waals surface area contributed by atoms with E-state index in [1.165, 1.54) is 38.5 Å². The SMILES string of the molecule is CCCCCCCC[n+]1ccn(C(C)N)c1.F[P-](F)(F)(F)(F)F. The van der Waals surface area contributed by atoms with Gasteiger partial charge in [-0.15, -0.1) is 0 Å². The second kappa shape index (κ2) is 7.83. The van der Waals surface area contributed by atoms with Gasteiger partial charge in [-0.3, -0.25) is 5.73 Å². The van der Waals surface area contributed by atoms with Crippen molar-refractivity contribution in [3.63, 3.8) is 0 Å². The van der Waals surface area contributed by atoms with Gasteiger partial charge in [-0.05, 0) is 19.8 Å². The van der Waals surface area contributed by atoms with E-state index in [1.54, 1.807) is 0 Å². The van der Waals surface area contributed by atoms with Gasteiger partial charge in [-0.25, -0.2) is 9.13 Å². The molecule has 1 aromatic heterocycles. The normalized spacial score (nSPS) is 16.0. The molecule has 2 N–H and O–H groups in total. The fourth-order valence-electron chi connectivity index (χ4n) is 1.86. The van der Waals surface area contributed by atoms with Crippen LogP contribution in [0.5, 0.6) is 0 Å². The molecule has 0 fully saturated rings. The molecule has 0 radical (unpaired) electrons. The summed E-state index contributed by atoms with van der Waals surface area (Å²) in [6, 6.07) is 0. The van der Waals surface area contributed by atoms with Gasteiger partial charge in [0.1, 0.15) is 18.6 Å². The van der Waals surface area contributed by atoms with Crippen LogP contribution in [-0.2, 0) is 6.54 Å². The Morgan fingerprint density at radius 2 is 1.48 bits per heavy atom. The van der Waals surface area contributed by atoms with E-state index < -0.39 is 7.81 Å². The molecule has 10 heteroatoms. The Morgan fingerprint density at radius 1 is 1.00 bits per heavy atom. The van der Waals surface area contributed by atoms with Crippen LogP contribution in [0.15, 0.2) is 18.7 Å². The van der Waals surface area contributed by atoms with Gasteiger partial charge in [0, 0.05) is 0 Å². The predicted octanol–water partition coefficient (Wildman–Crippen LogP) is 6.00. The molecular formula is C13H26F6N3P. The molecule has 1 heterocycles. The van der Waals surface area contributed by atoms with Gasteiger partial charge in [-0.1, -0.05) is 32.6 Å². The Labute approximate surface area is 132 Å². The van der Waals surface area contributed by atoms with Gasteiger partial charge >= 0.3 is 33.0 Å². The quantitative estimate of drug-likeness (QED) is 0.259. The third kappa shape index (κ3) is 19.1. The van der Waals surface area contributed by atoms with E-state index in [2.05, 4.69) is 24.0 Å². The average molecular weight is 369 g/mol. The van der Waals surface area contributed by atoms with E-state index in [4.69, 9.17) is 5.73 Å². The molecule has 0 aliphatic carbocycles. The third-order valence-electron chi connectivity index (χ3n) is 2.95. The summed E-state index contributed by atoms with van der Waals surface area (Å²) in [5.41, 5.74) is 5.79. The number of aromatic nitrogens is 2. The number of halogens is 6. The molecule has 1 rings (SSSR count). The Kier molecular flexibility index (Phi) is 7.56. The van der Waals surface area contributed by atoms with Crippen molar-refractivity contribution in [2.24, 2.45) is 5.73 Å². The van der Waals surface area contributed by atoms with Gasteiger partial charge in [0.25, 0.3) is 0 Å². The molecule has 0 bridgehead atoms. The van der Waals surface area contributed by atoms with E-state index in [0.717, 1.165) is 6.54 Å². The molecule has 0 saturated carbocycles. The number of rotatable bonds is 8. The number of unbranched alkanes of at least 4 members (excludes halogenated alkanes) is 5. The summed E-state index contributed by atoms with van der Waals surface area (Å²) in [7, 11) is -10.7. The Hall–Kier alpha value is -0.820. The molecule has 23 heavy (non-hydrogen) atoms. The second-order valence-electron chi connectivity index (χ2n) is 5.57. The van der Waals surface area contributed by atoms with Crippen LogP contribution < -0.4 is 10.3 Å². The van der Waals surface area contributed by atoms with Crippen molar-refractivity contribution in [1.29, 1.82) is 0 Å². The van der Waals surface area contributed by atoms with Crippen molar-refractivity contribution in [2.75, 3.05) is 0 Å². The fourth-order valence-corrected chi connectivity index (χ4v) is 1.86. The summed E-state index contributed by atoms with van der Waals surface area (Å²) in [6.45, 7) is 5.37. The number of hydrogen-bond acceptors (Lipinski definition) is 1. The van der Waals surface area contributed by atoms with Crippen molar-refractivity contribution in [2.45, 2.75) is 65.1 Å². The number of aryl methyl sites for hydroxylation is 1. The first-order valence-electron chi connectivity index (χ1n) is 7.57. The van der Waals surface area contributed by atoms with E-state index >= 15 is 0 Å². The van der Waals surface area contributed by atoms with Crippen LogP contribution in [0.1, 0.15) is 58.5 Å². The molecule has 1 unspecified atom stereocenters. The van der Waals surface area contributed by atoms with Crippen LogP contribution in [0.25, 0.3) is 0 Å². The summed E-state index contributed by atoms with van der Waals surface area (Å²) >= 11 is 0. The summed E-state index contributed by atoms with van der Waals surface area (Å²) in [5.74, 6) is 0. The minimum absolute atomic E-state index is 0.0748. The molecular weight excluding hydrogens is 343 g/mol. The van der Waals surface area contributed by atoms with E-state index in [0.29, 0.717) is 0 Å². The standard InChI is InChI=1S/C13H26N3.F6P/c1-3-4-5-6-7-8-9-15-10-11-16(12-15)13(2)14;1-7(2,3,4,5)6/h10-13H,3-9,14H2,1-2H3;/q+1;-1. The Bertz CT molecular complexity index is 443. The van der Waals surface area contributed by atoms with Crippen LogP contribution in [0.3, 0.4) is 0 Å². The number of nitrogens with zero attached hydrogens (tertiary/aromatic N) is 2. The van der Waals surface area contributed by atoms with E-state index in [1.807, 2.05) is 17.7 Å². The van der Waals surface area contributed by atoms with Gasteiger partial charge in [0.2, 0.25) is 6.33 Å². The van der Waals surface area contributed by atoms with E-state index in [9.17, 15) is 25.2 Å². The molecule has 0 spiro atoms.